The molecule has 0 aliphatic rings. The molecule has 0 fully saturated rings. The molecule has 0 aliphatic heterocycles. The number of carbonyl (C=O) groups is 1. The number of carbonyl (C=O) groups excluding carboxylic acids is 1. The third-order valence-corrected chi connectivity index (χ3v) is 2.94. The first-order valence-corrected chi connectivity index (χ1v) is 6.31. The molecule has 0 saturated heterocycles. The van der Waals surface area contributed by atoms with Crippen molar-refractivity contribution in [1.82, 2.24) is 5.32 Å². The molecule has 100 valence electrons. The SMILES string of the molecule is CCC(C)c1ccccc1NC(=O)NCCOC. The van der Waals surface area contributed by atoms with Crippen LogP contribution in [-0.2, 0) is 4.74 Å². The van der Waals surface area contributed by atoms with Crippen LogP contribution >= 0.6 is 0 Å². The molecule has 1 aromatic rings. The maximum Gasteiger partial charge on any atom is 0.319 e. The van der Waals surface area contributed by atoms with E-state index in [0.717, 1.165) is 12.1 Å². The molecular formula is C14H22N2O2. The first kappa shape index (κ1) is 14.5. The first-order chi connectivity index (χ1) is 8.69. The van der Waals surface area contributed by atoms with E-state index >= 15 is 0 Å². The van der Waals surface area contributed by atoms with Gasteiger partial charge in [0.15, 0.2) is 0 Å². The largest absolute Gasteiger partial charge is 0.383 e. The van der Waals surface area contributed by atoms with Gasteiger partial charge in [-0.15, -0.1) is 0 Å². The zero-order chi connectivity index (χ0) is 13.4. The van der Waals surface area contributed by atoms with E-state index in [1.165, 1.54) is 5.56 Å². The number of para-hydroxylation sites is 1. The van der Waals surface area contributed by atoms with Crippen LogP contribution in [0.25, 0.3) is 0 Å². The van der Waals surface area contributed by atoms with Crippen molar-refractivity contribution in [2.45, 2.75) is 26.2 Å². The second-order valence-corrected chi connectivity index (χ2v) is 4.27. The predicted molar refractivity (Wildman–Crippen MR) is 74.0 cm³/mol. The van der Waals surface area contributed by atoms with E-state index in [4.69, 9.17) is 4.74 Å². The molecule has 1 unspecified atom stereocenters. The van der Waals surface area contributed by atoms with Crippen molar-refractivity contribution in [1.29, 1.82) is 0 Å². The Hall–Kier alpha value is -1.55. The summed E-state index contributed by atoms with van der Waals surface area (Å²) in [6.07, 6.45) is 1.05. The fraction of sp³-hybridized carbons (Fsp3) is 0.500. The number of amides is 2. The summed E-state index contributed by atoms with van der Waals surface area (Å²) in [6.45, 7) is 5.32. The number of methoxy groups -OCH3 is 1. The summed E-state index contributed by atoms with van der Waals surface area (Å²) in [5.74, 6) is 0.431. The molecule has 4 heteroatoms. The van der Waals surface area contributed by atoms with E-state index in [-0.39, 0.29) is 6.03 Å². The number of benzene rings is 1. The third kappa shape index (κ3) is 4.37. The molecule has 0 bridgehead atoms. The molecular weight excluding hydrogens is 228 g/mol. The smallest absolute Gasteiger partial charge is 0.319 e. The molecule has 2 N–H and O–H groups in total. The molecule has 1 rings (SSSR count). The summed E-state index contributed by atoms with van der Waals surface area (Å²) in [4.78, 5) is 11.7. The van der Waals surface area contributed by atoms with Crippen LogP contribution in [0.2, 0.25) is 0 Å². The van der Waals surface area contributed by atoms with E-state index < -0.39 is 0 Å². The number of hydrogen-bond donors (Lipinski definition) is 2. The van der Waals surface area contributed by atoms with E-state index in [9.17, 15) is 4.79 Å². The second-order valence-electron chi connectivity index (χ2n) is 4.27. The van der Waals surface area contributed by atoms with Crippen molar-refractivity contribution in [2.24, 2.45) is 0 Å². The van der Waals surface area contributed by atoms with Gasteiger partial charge in [0, 0.05) is 19.3 Å². The highest BCUT2D eigenvalue weighted by atomic mass is 16.5. The van der Waals surface area contributed by atoms with Gasteiger partial charge in [0.05, 0.1) is 6.61 Å². The number of rotatable bonds is 6. The van der Waals surface area contributed by atoms with Crippen molar-refractivity contribution in [3.8, 4) is 0 Å². The van der Waals surface area contributed by atoms with Crippen LogP contribution in [-0.4, -0.2) is 26.3 Å². The fourth-order valence-electron chi connectivity index (χ4n) is 1.69. The van der Waals surface area contributed by atoms with Gasteiger partial charge >= 0.3 is 6.03 Å². The molecule has 0 spiro atoms. The van der Waals surface area contributed by atoms with E-state index in [1.807, 2.05) is 18.2 Å². The van der Waals surface area contributed by atoms with Crippen LogP contribution < -0.4 is 10.6 Å². The van der Waals surface area contributed by atoms with Gasteiger partial charge in [-0.25, -0.2) is 4.79 Å². The van der Waals surface area contributed by atoms with E-state index in [1.54, 1.807) is 7.11 Å². The number of anilines is 1. The number of urea groups is 1. The van der Waals surface area contributed by atoms with Gasteiger partial charge in [-0.3, -0.25) is 0 Å². The van der Waals surface area contributed by atoms with Crippen molar-refractivity contribution >= 4 is 11.7 Å². The van der Waals surface area contributed by atoms with E-state index in [2.05, 4.69) is 30.5 Å². The summed E-state index contributed by atoms with van der Waals surface area (Å²) in [7, 11) is 1.61. The molecule has 0 radical (unpaired) electrons. The molecule has 4 nitrogen and oxygen atoms in total. The zero-order valence-corrected chi connectivity index (χ0v) is 11.3. The average molecular weight is 250 g/mol. The Morgan fingerprint density at radius 1 is 1.39 bits per heavy atom. The number of hydrogen-bond acceptors (Lipinski definition) is 2. The molecule has 0 aliphatic carbocycles. The van der Waals surface area contributed by atoms with Crippen LogP contribution in [0, 0.1) is 0 Å². The van der Waals surface area contributed by atoms with Crippen LogP contribution in [0.1, 0.15) is 31.7 Å². The van der Waals surface area contributed by atoms with Gasteiger partial charge in [0.1, 0.15) is 0 Å². The number of ether oxygens (including phenoxy) is 1. The van der Waals surface area contributed by atoms with Gasteiger partial charge in [-0.2, -0.15) is 0 Å². The Bertz CT molecular complexity index is 380. The highest BCUT2D eigenvalue weighted by molar-refractivity contribution is 5.90. The molecule has 18 heavy (non-hydrogen) atoms. The Morgan fingerprint density at radius 3 is 2.78 bits per heavy atom. The minimum absolute atomic E-state index is 0.192. The van der Waals surface area contributed by atoms with Gasteiger partial charge in [-0.1, -0.05) is 32.0 Å². The molecule has 0 heterocycles. The van der Waals surface area contributed by atoms with Crippen molar-refractivity contribution in [3.05, 3.63) is 29.8 Å². The topological polar surface area (TPSA) is 50.4 Å². The number of nitrogens with one attached hydrogen (secondary N) is 2. The summed E-state index contributed by atoms with van der Waals surface area (Å²) in [5, 5.41) is 5.62. The Morgan fingerprint density at radius 2 is 2.11 bits per heavy atom. The molecule has 1 aromatic carbocycles. The summed E-state index contributed by atoms with van der Waals surface area (Å²) in [5.41, 5.74) is 2.05. The van der Waals surface area contributed by atoms with Crippen molar-refractivity contribution in [3.63, 3.8) is 0 Å². The Kier molecular flexibility index (Phi) is 6.22. The predicted octanol–water partition coefficient (Wildman–Crippen LogP) is 2.97. The van der Waals surface area contributed by atoms with Crippen LogP contribution in [0.15, 0.2) is 24.3 Å². The molecule has 1 atom stereocenters. The minimum atomic E-state index is -0.192. The molecule has 0 aromatic heterocycles. The minimum Gasteiger partial charge on any atom is -0.383 e. The Balaban J connectivity index is 2.63. The molecule has 0 saturated carbocycles. The third-order valence-electron chi connectivity index (χ3n) is 2.94. The highest BCUT2D eigenvalue weighted by Crippen LogP contribution is 2.26. The quantitative estimate of drug-likeness (QED) is 0.763. The zero-order valence-electron chi connectivity index (χ0n) is 11.3. The second kappa shape index (κ2) is 7.71. The lowest BCUT2D eigenvalue weighted by molar-refractivity contribution is 0.198. The monoisotopic (exact) mass is 250 g/mol. The van der Waals surface area contributed by atoms with E-state index in [0.29, 0.717) is 19.1 Å². The highest BCUT2D eigenvalue weighted by Gasteiger charge is 2.10. The summed E-state index contributed by atoms with van der Waals surface area (Å²) >= 11 is 0. The van der Waals surface area contributed by atoms with Gasteiger partial charge in [0.2, 0.25) is 0 Å². The van der Waals surface area contributed by atoms with Gasteiger partial charge in [-0.05, 0) is 24.0 Å². The maximum atomic E-state index is 11.7. The van der Waals surface area contributed by atoms with Crippen LogP contribution in [0.3, 0.4) is 0 Å². The van der Waals surface area contributed by atoms with Crippen LogP contribution in [0.5, 0.6) is 0 Å². The van der Waals surface area contributed by atoms with Crippen molar-refractivity contribution in [2.75, 3.05) is 25.6 Å². The Labute approximate surface area is 109 Å². The normalized spacial score (nSPS) is 11.9. The van der Waals surface area contributed by atoms with Crippen molar-refractivity contribution < 1.29 is 9.53 Å². The lowest BCUT2D eigenvalue weighted by atomic mass is 9.97. The van der Waals surface area contributed by atoms with Gasteiger partial charge in [0.25, 0.3) is 0 Å². The molecule has 2 amide bonds. The maximum absolute atomic E-state index is 11.7. The van der Waals surface area contributed by atoms with Crippen LogP contribution in [0.4, 0.5) is 10.5 Å². The summed E-state index contributed by atoms with van der Waals surface area (Å²) in [6, 6.07) is 7.71. The lowest BCUT2D eigenvalue weighted by Gasteiger charge is -2.15. The standard InChI is InChI=1S/C14H22N2O2/c1-4-11(2)12-7-5-6-8-13(12)16-14(17)15-9-10-18-3/h5-8,11H,4,9-10H2,1-3H3,(H2,15,16,17). The fourth-order valence-corrected chi connectivity index (χ4v) is 1.69. The summed E-state index contributed by atoms with van der Waals surface area (Å²) < 4.78 is 4.88. The average Bonchev–Trinajstić information content (AvgIpc) is 2.39. The first-order valence-electron chi connectivity index (χ1n) is 6.31. The lowest BCUT2D eigenvalue weighted by Crippen LogP contribution is -2.31. The van der Waals surface area contributed by atoms with Gasteiger partial charge < -0.3 is 15.4 Å².